The first-order chi connectivity index (χ1) is 15.6. The minimum absolute atomic E-state index is 0.0654. The number of aromatic nitrogens is 1. The van der Waals surface area contributed by atoms with Gasteiger partial charge in [0.25, 0.3) is 0 Å². The maximum Gasteiger partial charge on any atom is 0.416 e. The van der Waals surface area contributed by atoms with Crippen LogP contribution in [-0.2, 0) is 19.1 Å². The molecule has 6 nitrogen and oxygen atoms in total. The summed E-state index contributed by atoms with van der Waals surface area (Å²) in [6.07, 6.45) is -1.74. The number of likely N-dealkylation sites (N-methyl/N-ethyl adjacent to an activating group) is 1. The molecule has 0 saturated carbocycles. The third kappa shape index (κ3) is 5.40. The monoisotopic (exact) mass is 461 g/mol. The number of fused-ring (bicyclic) bond motifs is 1. The molecule has 2 aliphatic rings. The average molecular weight is 462 g/mol. The van der Waals surface area contributed by atoms with E-state index >= 15 is 0 Å². The van der Waals surface area contributed by atoms with E-state index in [-0.39, 0.29) is 24.0 Å². The standard InChI is InChI=1S/C24H30F3N5O/c1-15(2)29-22-10-18-12-32(9-8-17(18)11-28-22)23(33)30-21-14-31(3)13-20(21)16-4-6-19(7-5-16)24(25,26)27/h4-7,10-11,15,20-21H,8-9,12-14H2,1-3H3,(H,28,29)(H,30,33)/t20-,21+/m0/s1. The number of urea groups is 1. The predicted octanol–water partition coefficient (Wildman–Crippen LogP) is 4.09. The van der Waals surface area contributed by atoms with Gasteiger partial charge in [-0.25, -0.2) is 9.78 Å². The van der Waals surface area contributed by atoms with E-state index < -0.39 is 11.7 Å². The normalized spacial score (nSPS) is 21.2. The Balaban J connectivity index is 1.44. The second kappa shape index (κ2) is 9.21. The van der Waals surface area contributed by atoms with E-state index in [2.05, 4.69) is 20.5 Å². The van der Waals surface area contributed by atoms with E-state index in [4.69, 9.17) is 0 Å². The van der Waals surface area contributed by atoms with Crippen molar-refractivity contribution < 1.29 is 18.0 Å². The molecular formula is C24H30F3N5O. The first-order valence-corrected chi connectivity index (χ1v) is 11.3. The quantitative estimate of drug-likeness (QED) is 0.720. The van der Waals surface area contributed by atoms with Crippen LogP contribution in [0.25, 0.3) is 0 Å². The first kappa shape index (κ1) is 23.4. The largest absolute Gasteiger partial charge is 0.416 e. The molecule has 0 radical (unpaired) electrons. The van der Waals surface area contributed by atoms with Crippen LogP contribution < -0.4 is 10.6 Å². The van der Waals surface area contributed by atoms with Crippen LogP contribution in [0.4, 0.5) is 23.8 Å². The van der Waals surface area contributed by atoms with Crippen LogP contribution in [0, 0.1) is 0 Å². The van der Waals surface area contributed by atoms with E-state index in [0.29, 0.717) is 26.2 Å². The minimum atomic E-state index is -4.36. The van der Waals surface area contributed by atoms with E-state index in [1.54, 1.807) is 4.90 Å². The van der Waals surface area contributed by atoms with Gasteiger partial charge in [-0.15, -0.1) is 0 Å². The number of carbonyl (C=O) groups is 1. The number of hydrogen-bond donors (Lipinski definition) is 2. The molecule has 2 aromatic rings. The molecule has 1 aromatic carbocycles. The number of benzene rings is 1. The zero-order chi connectivity index (χ0) is 23.8. The van der Waals surface area contributed by atoms with Crippen LogP contribution >= 0.6 is 0 Å². The van der Waals surface area contributed by atoms with Crippen LogP contribution in [0.3, 0.4) is 0 Å². The fourth-order valence-electron chi connectivity index (χ4n) is 4.64. The number of rotatable bonds is 4. The van der Waals surface area contributed by atoms with Gasteiger partial charge in [-0.1, -0.05) is 12.1 Å². The highest BCUT2D eigenvalue weighted by atomic mass is 19.4. The maximum absolute atomic E-state index is 13.1. The third-order valence-electron chi connectivity index (χ3n) is 6.30. The topological polar surface area (TPSA) is 60.5 Å². The molecule has 2 N–H and O–H groups in total. The lowest BCUT2D eigenvalue weighted by Crippen LogP contribution is -2.48. The molecule has 0 bridgehead atoms. The molecule has 33 heavy (non-hydrogen) atoms. The fraction of sp³-hybridized carbons (Fsp3) is 0.500. The molecule has 9 heteroatoms. The first-order valence-electron chi connectivity index (χ1n) is 11.3. The Morgan fingerprint density at radius 1 is 1.15 bits per heavy atom. The van der Waals surface area contributed by atoms with Crippen LogP contribution in [0.1, 0.15) is 42.0 Å². The Hall–Kier alpha value is -2.81. The molecular weight excluding hydrogens is 431 g/mol. The molecule has 3 heterocycles. The highest BCUT2D eigenvalue weighted by molar-refractivity contribution is 5.75. The van der Waals surface area contributed by atoms with Crippen molar-refractivity contribution in [3.05, 3.63) is 58.8 Å². The Morgan fingerprint density at radius 3 is 2.55 bits per heavy atom. The summed E-state index contributed by atoms with van der Waals surface area (Å²) in [6.45, 7) is 6.53. The molecule has 1 fully saturated rings. The van der Waals surface area contributed by atoms with Crippen molar-refractivity contribution in [1.82, 2.24) is 20.1 Å². The molecule has 178 valence electrons. The molecule has 1 saturated heterocycles. The lowest BCUT2D eigenvalue weighted by atomic mass is 9.93. The SMILES string of the molecule is CC(C)Nc1cc2c(cn1)CCN(C(=O)N[C@@H]1CN(C)C[C@H]1c1ccc(C(F)(F)F)cc1)C2. The number of alkyl halides is 3. The van der Waals surface area contributed by atoms with Gasteiger partial charge in [0.05, 0.1) is 11.6 Å². The summed E-state index contributed by atoms with van der Waals surface area (Å²) in [5.74, 6) is 0.732. The molecule has 0 spiro atoms. The van der Waals surface area contributed by atoms with Crippen molar-refractivity contribution in [1.29, 1.82) is 0 Å². The van der Waals surface area contributed by atoms with Crippen molar-refractivity contribution in [2.24, 2.45) is 0 Å². The van der Waals surface area contributed by atoms with Crippen molar-refractivity contribution in [2.45, 2.75) is 51.0 Å². The number of halogens is 3. The van der Waals surface area contributed by atoms with Crippen LogP contribution in [0.5, 0.6) is 0 Å². The second-order valence-electron chi connectivity index (χ2n) is 9.31. The molecule has 0 unspecified atom stereocenters. The van der Waals surface area contributed by atoms with E-state index in [9.17, 15) is 18.0 Å². The average Bonchev–Trinajstić information content (AvgIpc) is 3.12. The fourth-order valence-corrected chi connectivity index (χ4v) is 4.64. The van der Waals surface area contributed by atoms with Crippen molar-refractivity contribution in [2.75, 3.05) is 32.0 Å². The van der Waals surface area contributed by atoms with Crippen molar-refractivity contribution in [3.8, 4) is 0 Å². The summed E-state index contributed by atoms with van der Waals surface area (Å²) >= 11 is 0. The van der Waals surface area contributed by atoms with Gasteiger partial charge >= 0.3 is 12.2 Å². The Morgan fingerprint density at radius 2 is 1.88 bits per heavy atom. The van der Waals surface area contributed by atoms with Gasteiger partial charge in [0.2, 0.25) is 0 Å². The molecule has 2 aliphatic heterocycles. The van der Waals surface area contributed by atoms with E-state index in [1.807, 2.05) is 33.2 Å². The smallest absolute Gasteiger partial charge is 0.368 e. The van der Waals surface area contributed by atoms with Gasteiger partial charge in [-0.3, -0.25) is 0 Å². The second-order valence-corrected chi connectivity index (χ2v) is 9.31. The third-order valence-corrected chi connectivity index (χ3v) is 6.30. The summed E-state index contributed by atoms with van der Waals surface area (Å²) in [6, 6.07) is 7.24. The van der Waals surface area contributed by atoms with Crippen LogP contribution in [-0.4, -0.2) is 59.6 Å². The Kier molecular flexibility index (Phi) is 6.52. The molecule has 2 atom stereocenters. The van der Waals surface area contributed by atoms with Crippen LogP contribution in [0.15, 0.2) is 36.5 Å². The minimum Gasteiger partial charge on any atom is -0.368 e. The lowest BCUT2D eigenvalue weighted by Gasteiger charge is -2.31. The van der Waals surface area contributed by atoms with Gasteiger partial charge in [0.15, 0.2) is 0 Å². The lowest BCUT2D eigenvalue weighted by molar-refractivity contribution is -0.137. The van der Waals surface area contributed by atoms with Crippen molar-refractivity contribution in [3.63, 3.8) is 0 Å². The number of pyridine rings is 1. The number of hydrogen-bond acceptors (Lipinski definition) is 4. The molecule has 0 aliphatic carbocycles. The molecule has 4 rings (SSSR count). The van der Waals surface area contributed by atoms with Gasteiger partial charge in [0, 0.05) is 44.3 Å². The Labute approximate surface area is 192 Å². The van der Waals surface area contributed by atoms with E-state index in [1.165, 1.54) is 12.1 Å². The number of carbonyl (C=O) groups excluding carboxylic acids is 1. The highest BCUT2D eigenvalue weighted by Gasteiger charge is 2.36. The van der Waals surface area contributed by atoms with Gasteiger partial charge in [-0.05, 0) is 62.2 Å². The summed E-state index contributed by atoms with van der Waals surface area (Å²) < 4.78 is 38.8. The maximum atomic E-state index is 13.1. The zero-order valence-corrected chi connectivity index (χ0v) is 19.1. The predicted molar refractivity (Wildman–Crippen MR) is 121 cm³/mol. The number of likely N-dealkylation sites (tertiary alicyclic amines) is 1. The van der Waals surface area contributed by atoms with Gasteiger partial charge in [-0.2, -0.15) is 13.2 Å². The van der Waals surface area contributed by atoms with Gasteiger partial charge in [0.1, 0.15) is 5.82 Å². The van der Waals surface area contributed by atoms with E-state index in [0.717, 1.165) is 41.1 Å². The molecule has 2 amide bonds. The number of amides is 2. The number of nitrogens with zero attached hydrogens (tertiary/aromatic N) is 3. The number of nitrogens with one attached hydrogen (secondary N) is 2. The molecule has 1 aromatic heterocycles. The summed E-state index contributed by atoms with van der Waals surface area (Å²) in [4.78, 5) is 21.5. The zero-order valence-electron chi connectivity index (χ0n) is 19.1. The summed E-state index contributed by atoms with van der Waals surface area (Å²) in [7, 11) is 1.95. The van der Waals surface area contributed by atoms with Gasteiger partial charge < -0.3 is 20.4 Å². The Bertz CT molecular complexity index is 993. The summed E-state index contributed by atoms with van der Waals surface area (Å²) in [5, 5.41) is 6.44. The highest BCUT2D eigenvalue weighted by Crippen LogP contribution is 2.32. The summed E-state index contributed by atoms with van der Waals surface area (Å²) in [5.41, 5.74) is 2.37. The number of anilines is 1. The van der Waals surface area contributed by atoms with Crippen molar-refractivity contribution >= 4 is 11.8 Å². The van der Waals surface area contributed by atoms with Crippen LogP contribution in [0.2, 0.25) is 0 Å².